The van der Waals surface area contributed by atoms with Gasteiger partial charge in [0.2, 0.25) is 5.43 Å². The molecule has 0 saturated carbocycles. The van der Waals surface area contributed by atoms with Crippen molar-refractivity contribution in [3.63, 3.8) is 0 Å². The predicted molar refractivity (Wildman–Crippen MR) is 122 cm³/mol. The molecule has 0 bridgehead atoms. The lowest BCUT2D eigenvalue weighted by Crippen LogP contribution is -2.66. The number of aromatic hydroxyl groups is 2. The Morgan fingerprint density at radius 1 is 1.03 bits per heavy atom. The Hall–Kier alpha value is -3.43. The maximum absolute atomic E-state index is 13.3. The van der Waals surface area contributed by atoms with E-state index in [1.807, 2.05) is 41.4 Å². The van der Waals surface area contributed by atoms with Crippen LogP contribution in [0.15, 0.2) is 64.4 Å². The van der Waals surface area contributed by atoms with E-state index in [4.69, 9.17) is 4.74 Å². The van der Waals surface area contributed by atoms with Crippen LogP contribution in [0.25, 0.3) is 0 Å². The lowest BCUT2D eigenvalue weighted by atomic mass is 9.92. The fourth-order valence-electron chi connectivity index (χ4n) is 5.00. The minimum atomic E-state index is -0.610. The van der Waals surface area contributed by atoms with Crippen molar-refractivity contribution in [1.82, 2.24) is 9.58 Å². The number of ether oxygens (including phenoxy) is 1. The molecule has 0 unspecified atom stereocenters. The summed E-state index contributed by atoms with van der Waals surface area (Å²) >= 11 is 1.69. The second-order valence-corrected chi connectivity index (χ2v) is 9.25. The molecule has 2 atom stereocenters. The first-order valence-electron chi connectivity index (χ1n) is 10.7. The number of phenols is 1. The number of phenolic OH excluding ortho intramolecular Hbond substituents is 1. The molecule has 3 aliphatic heterocycles. The number of hydrogen-bond acceptors (Lipinski definition) is 7. The van der Waals surface area contributed by atoms with Crippen LogP contribution in [0.2, 0.25) is 0 Å². The molecule has 33 heavy (non-hydrogen) atoms. The topological polar surface area (TPSA) is 95.2 Å². The van der Waals surface area contributed by atoms with Crippen LogP contribution in [-0.2, 0) is 10.5 Å². The van der Waals surface area contributed by atoms with Crippen molar-refractivity contribution in [2.24, 2.45) is 0 Å². The molecular weight excluding hydrogens is 442 g/mol. The summed E-state index contributed by atoms with van der Waals surface area (Å²) in [7, 11) is 0. The zero-order valence-electron chi connectivity index (χ0n) is 17.5. The van der Waals surface area contributed by atoms with Gasteiger partial charge < -0.3 is 19.8 Å². The lowest BCUT2D eigenvalue weighted by molar-refractivity contribution is -0.0198. The summed E-state index contributed by atoms with van der Waals surface area (Å²) in [4.78, 5) is 28.3. The largest absolute Gasteiger partial charge is 0.508 e. The highest BCUT2D eigenvalue weighted by Gasteiger charge is 2.46. The first-order valence-corrected chi connectivity index (χ1v) is 11.7. The molecule has 6 rings (SSSR count). The monoisotopic (exact) mass is 463 g/mol. The molecule has 1 saturated heterocycles. The average molecular weight is 464 g/mol. The number of rotatable bonds is 1. The van der Waals surface area contributed by atoms with Gasteiger partial charge in [0.1, 0.15) is 18.0 Å². The maximum Gasteiger partial charge on any atom is 0.278 e. The Morgan fingerprint density at radius 2 is 1.88 bits per heavy atom. The van der Waals surface area contributed by atoms with Crippen molar-refractivity contribution in [2.45, 2.75) is 22.9 Å². The van der Waals surface area contributed by atoms with Gasteiger partial charge in [0.25, 0.3) is 5.91 Å². The second-order valence-electron chi connectivity index (χ2n) is 8.23. The summed E-state index contributed by atoms with van der Waals surface area (Å²) in [6.45, 7) is 0.957. The standard InChI is InChI=1S/C24H21N3O5S/c28-16-6-3-4-14-13-33-18-7-2-1-5-15(18)21(20(14)16)27-19-12-32-11-10-25(19)24(31)22-23(30)17(29)8-9-26(22)27/h1-9,19,21,28,30H,10-13H2/t19-,21-/m1/s1. The van der Waals surface area contributed by atoms with Gasteiger partial charge in [0.15, 0.2) is 11.4 Å². The Balaban J connectivity index is 1.68. The van der Waals surface area contributed by atoms with E-state index >= 15 is 0 Å². The van der Waals surface area contributed by atoms with Crippen molar-refractivity contribution in [3.8, 4) is 11.5 Å². The van der Waals surface area contributed by atoms with Crippen LogP contribution >= 0.6 is 11.8 Å². The molecule has 168 valence electrons. The third-order valence-corrected chi connectivity index (χ3v) is 7.62. The van der Waals surface area contributed by atoms with Crippen molar-refractivity contribution in [3.05, 3.63) is 87.3 Å². The molecule has 2 aromatic carbocycles. The second kappa shape index (κ2) is 7.57. The van der Waals surface area contributed by atoms with Gasteiger partial charge in [-0.2, -0.15) is 0 Å². The molecule has 8 nitrogen and oxygen atoms in total. The molecule has 9 heteroatoms. The van der Waals surface area contributed by atoms with E-state index in [2.05, 4.69) is 0 Å². The normalized spacial score (nSPS) is 21.5. The van der Waals surface area contributed by atoms with E-state index < -0.39 is 29.3 Å². The molecule has 1 fully saturated rings. The van der Waals surface area contributed by atoms with Crippen LogP contribution in [0.1, 0.15) is 33.2 Å². The van der Waals surface area contributed by atoms with Crippen molar-refractivity contribution in [1.29, 1.82) is 0 Å². The SMILES string of the molecule is O=C1c2c(O)c(=O)ccn2N([C@@H]2c3ccccc3SCc3cccc(O)c32)[C@@H]2COCCN12. The smallest absolute Gasteiger partial charge is 0.278 e. The number of carbonyl (C=O) groups excluding carboxylic acids is 1. The van der Waals surface area contributed by atoms with Crippen molar-refractivity contribution in [2.75, 3.05) is 24.8 Å². The van der Waals surface area contributed by atoms with Gasteiger partial charge in [0, 0.05) is 35.0 Å². The third-order valence-electron chi connectivity index (χ3n) is 6.48. The number of thioether (sulfide) groups is 1. The number of fused-ring (bicyclic) bond motifs is 4. The number of hydrogen-bond donors (Lipinski definition) is 2. The predicted octanol–water partition coefficient (Wildman–Crippen LogP) is 2.40. The van der Waals surface area contributed by atoms with Crippen LogP contribution in [0, 0.1) is 0 Å². The molecule has 0 radical (unpaired) electrons. The van der Waals surface area contributed by atoms with Crippen molar-refractivity contribution < 1.29 is 19.7 Å². The summed E-state index contributed by atoms with van der Waals surface area (Å²) in [5.41, 5.74) is 1.99. The molecular formula is C24H21N3O5S. The fourth-order valence-corrected chi connectivity index (χ4v) is 6.08. The van der Waals surface area contributed by atoms with Gasteiger partial charge in [-0.05, 0) is 23.3 Å². The number of amides is 1. The molecule has 2 N–H and O–H groups in total. The zero-order valence-corrected chi connectivity index (χ0v) is 18.4. The van der Waals surface area contributed by atoms with Crippen LogP contribution in [0.4, 0.5) is 0 Å². The third kappa shape index (κ3) is 2.96. The van der Waals surface area contributed by atoms with E-state index in [1.54, 1.807) is 27.4 Å². The molecule has 1 aromatic heterocycles. The highest BCUT2D eigenvalue weighted by Crippen LogP contribution is 2.46. The van der Waals surface area contributed by atoms with Crippen LogP contribution < -0.4 is 10.4 Å². The maximum atomic E-state index is 13.3. The molecule has 0 aliphatic carbocycles. The summed E-state index contributed by atoms with van der Waals surface area (Å²) in [5.74, 6) is -0.159. The summed E-state index contributed by atoms with van der Waals surface area (Å²) in [5, 5.41) is 23.6. The molecule has 4 heterocycles. The van der Waals surface area contributed by atoms with Gasteiger partial charge in [-0.3, -0.25) is 19.3 Å². The number of aromatic nitrogens is 1. The minimum Gasteiger partial charge on any atom is -0.508 e. The number of benzene rings is 2. The fraction of sp³-hybridized carbons (Fsp3) is 0.250. The highest BCUT2D eigenvalue weighted by atomic mass is 32.2. The first kappa shape index (κ1) is 20.2. The molecule has 3 aromatic rings. The number of carbonyl (C=O) groups is 1. The zero-order chi connectivity index (χ0) is 22.7. The van der Waals surface area contributed by atoms with E-state index in [9.17, 15) is 19.8 Å². The van der Waals surface area contributed by atoms with Crippen LogP contribution in [0.3, 0.4) is 0 Å². The Morgan fingerprint density at radius 3 is 2.76 bits per heavy atom. The molecule has 1 amide bonds. The first-order chi connectivity index (χ1) is 16.1. The molecule has 3 aliphatic rings. The molecule has 0 spiro atoms. The number of pyridine rings is 1. The Kier molecular flexibility index (Phi) is 4.63. The Bertz CT molecular complexity index is 1340. The highest BCUT2D eigenvalue weighted by molar-refractivity contribution is 7.98. The van der Waals surface area contributed by atoms with Crippen LogP contribution in [-0.4, -0.2) is 51.6 Å². The summed E-state index contributed by atoms with van der Waals surface area (Å²) < 4.78 is 7.33. The Labute approximate surface area is 193 Å². The quantitative estimate of drug-likeness (QED) is 0.572. The van der Waals surface area contributed by atoms with Crippen molar-refractivity contribution >= 4 is 17.7 Å². The summed E-state index contributed by atoms with van der Waals surface area (Å²) in [6, 6.07) is 14.2. The summed E-state index contributed by atoms with van der Waals surface area (Å²) in [6.07, 6.45) is 1.02. The van der Waals surface area contributed by atoms with Gasteiger partial charge in [0.05, 0.1) is 13.2 Å². The van der Waals surface area contributed by atoms with Gasteiger partial charge in [-0.1, -0.05) is 30.3 Å². The van der Waals surface area contributed by atoms with Gasteiger partial charge in [-0.15, -0.1) is 11.8 Å². The van der Waals surface area contributed by atoms with Gasteiger partial charge >= 0.3 is 0 Å². The van der Waals surface area contributed by atoms with E-state index in [0.29, 0.717) is 18.9 Å². The average Bonchev–Trinajstić information content (AvgIpc) is 3.00. The van der Waals surface area contributed by atoms with E-state index in [-0.39, 0.29) is 18.1 Å². The number of nitrogens with zero attached hydrogens (tertiary/aromatic N) is 3. The minimum absolute atomic E-state index is 0.0768. The van der Waals surface area contributed by atoms with E-state index in [0.717, 1.165) is 21.6 Å². The number of morpholine rings is 1. The lowest BCUT2D eigenvalue weighted by Gasteiger charge is -2.51. The van der Waals surface area contributed by atoms with Crippen LogP contribution in [0.5, 0.6) is 11.5 Å². The van der Waals surface area contributed by atoms with Gasteiger partial charge in [-0.25, -0.2) is 0 Å². The van der Waals surface area contributed by atoms with E-state index in [1.165, 1.54) is 12.3 Å².